The van der Waals surface area contributed by atoms with Gasteiger partial charge in [0.25, 0.3) is 0 Å². The highest BCUT2D eigenvalue weighted by atomic mass is 16.7. The number of hydrogen-bond donors (Lipinski definition) is 2. The van der Waals surface area contributed by atoms with Crippen molar-refractivity contribution < 1.29 is 9.47 Å². The number of benzene rings is 1. The molecule has 1 aromatic carbocycles. The van der Waals surface area contributed by atoms with Gasteiger partial charge in [0, 0.05) is 44.0 Å². The summed E-state index contributed by atoms with van der Waals surface area (Å²) >= 11 is 0. The van der Waals surface area contributed by atoms with Crippen LogP contribution >= 0.6 is 0 Å². The first kappa shape index (κ1) is 10.7. The first-order valence-electron chi connectivity index (χ1n) is 5.95. The van der Waals surface area contributed by atoms with E-state index in [4.69, 9.17) is 15.2 Å². The number of ether oxygens (including phenoxy) is 2. The zero-order chi connectivity index (χ0) is 11.7. The molecule has 1 fully saturated rings. The molecule has 3 N–H and O–H groups in total. The summed E-state index contributed by atoms with van der Waals surface area (Å²) in [5.41, 5.74) is 6.88. The fourth-order valence-electron chi connectivity index (χ4n) is 2.30. The SMILES string of the molecule is NCC1CN(c2ccc3c(c2)OCO3)CCN1. The highest BCUT2D eigenvalue weighted by Gasteiger charge is 2.20. The van der Waals surface area contributed by atoms with Crippen LogP contribution in [-0.2, 0) is 0 Å². The van der Waals surface area contributed by atoms with Crippen molar-refractivity contribution in [3.05, 3.63) is 18.2 Å². The molecule has 0 aromatic heterocycles. The van der Waals surface area contributed by atoms with Crippen LogP contribution in [0.5, 0.6) is 11.5 Å². The monoisotopic (exact) mass is 235 g/mol. The number of piperazine rings is 1. The minimum atomic E-state index is 0.325. The third kappa shape index (κ3) is 2.03. The molecule has 0 saturated carbocycles. The van der Waals surface area contributed by atoms with Crippen LogP contribution in [0.15, 0.2) is 18.2 Å². The molecule has 0 amide bonds. The molecular weight excluding hydrogens is 218 g/mol. The van der Waals surface area contributed by atoms with E-state index in [2.05, 4.69) is 16.3 Å². The van der Waals surface area contributed by atoms with E-state index in [0.29, 0.717) is 19.4 Å². The van der Waals surface area contributed by atoms with Gasteiger partial charge in [-0.25, -0.2) is 0 Å². The molecule has 5 heteroatoms. The van der Waals surface area contributed by atoms with Gasteiger partial charge in [0.15, 0.2) is 11.5 Å². The van der Waals surface area contributed by atoms with Gasteiger partial charge in [-0.15, -0.1) is 0 Å². The Labute approximate surface area is 100 Å². The fraction of sp³-hybridized carbons (Fsp3) is 0.500. The first-order valence-corrected chi connectivity index (χ1v) is 5.95. The van der Waals surface area contributed by atoms with Crippen molar-refractivity contribution in [1.29, 1.82) is 0 Å². The summed E-state index contributed by atoms with van der Waals surface area (Å²) in [5.74, 6) is 1.67. The van der Waals surface area contributed by atoms with E-state index in [1.165, 1.54) is 5.69 Å². The average molecular weight is 235 g/mol. The molecule has 3 rings (SSSR count). The summed E-state index contributed by atoms with van der Waals surface area (Å²) in [6.07, 6.45) is 0. The smallest absolute Gasteiger partial charge is 0.231 e. The number of anilines is 1. The third-order valence-corrected chi connectivity index (χ3v) is 3.26. The summed E-state index contributed by atoms with van der Waals surface area (Å²) in [6, 6.07) is 6.46. The molecule has 1 unspecified atom stereocenters. The number of hydrogen-bond acceptors (Lipinski definition) is 5. The Morgan fingerprint density at radius 3 is 3.12 bits per heavy atom. The van der Waals surface area contributed by atoms with Crippen LogP contribution in [0.2, 0.25) is 0 Å². The predicted molar refractivity (Wildman–Crippen MR) is 65.6 cm³/mol. The Bertz CT molecular complexity index is 411. The van der Waals surface area contributed by atoms with E-state index in [0.717, 1.165) is 31.1 Å². The second kappa shape index (κ2) is 4.43. The summed E-state index contributed by atoms with van der Waals surface area (Å²) in [5, 5.41) is 3.40. The highest BCUT2D eigenvalue weighted by molar-refractivity contribution is 5.57. The van der Waals surface area contributed by atoms with Crippen LogP contribution in [-0.4, -0.2) is 39.0 Å². The third-order valence-electron chi connectivity index (χ3n) is 3.26. The van der Waals surface area contributed by atoms with Gasteiger partial charge in [0.2, 0.25) is 6.79 Å². The summed E-state index contributed by atoms with van der Waals surface area (Å²) in [7, 11) is 0. The molecule has 2 aliphatic heterocycles. The highest BCUT2D eigenvalue weighted by Crippen LogP contribution is 2.35. The van der Waals surface area contributed by atoms with Crippen molar-refractivity contribution in [2.75, 3.05) is 37.9 Å². The largest absolute Gasteiger partial charge is 0.454 e. The molecule has 1 aromatic rings. The van der Waals surface area contributed by atoms with Gasteiger partial charge in [-0.1, -0.05) is 0 Å². The van der Waals surface area contributed by atoms with Crippen LogP contribution in [0.1, 0.15) is 0 Å². The van der Waals surface area contributed by atoms with E-state index in [9.17, 15) is 0 Å². The van der Waals surface area contributed by atoms with Crippen molar-refractivity contribution in [3.63, 3.8) is 0 Å². The summed E-state index contributed by atoms with van der Waals surface area (Å²) in [6.45, 7) is 3.90. The van der Waals surface area contributed by atoms with Crippen molar-refractivity contribution >= 4 is 5.69 Å². The number of nitrogens with two attached hydrogens (primary N) is 1. The van der Waals surface area contributed by atoms with Gasteiger partial charge in [0.05, 0.1) is 0 Å². The maximum Gasteiger partial charge on any atom is 0.231 e. The van der Waals surface area contributed by atoms with Crippen molar-refractivity contribution in [2.45, 2.75) is 6.04 Å². The van der Waals surface area contributed by atoms with Crippen molar-refractivity contribution in [3.8, 4) is 11.5 Å². The maximum absolute atomic E-state index is 5.70. The second-order valence-electron chi connectivity index (χ2n) is 4.37. The molecule has 0 bridgehead atoms. The molecule has 2 aliphatic rings. The normalized spacial score (nSPS) is 22.9. The Morgan fingerprint density at radius 1 is 1.35 bits per heavy atom. The van der Waals surface area contributed by atoms with E-state index < -0.39 is 0 Å². The Kier molecular flexibility index (Phi) is 2.78. The molecule has 17 heavy (non-hydrogen) atoms. The molecule has 0 radical (unpaired) electrons. The van der Waals surface area contributed by atoms with Gasteiger partial charge in [-0.2, -0.15) is 0 Å². The summed E-state index contributed by atoms with van der Waals surface area (Å²) in [4.78, 5) is 2.33. The zero-order valence-electron chi connectivity index (χ0n) is 9.69. The quantitative estimate of drug-likeness (QED) is 0.764. The fourth-order valence-corrected chi connectivity index (χ4v) is 2.30. The Morgan fingerprint density at radius 2 is 2.24 bits per heavy atom. The molecule has 1 saturated heterocycles. The summed E-state index contributed by atoms with van der Waals surface area (Å²) < 4.78 is 10.7. The lowest BCUT2D eigenvalue weighted by Gasteiger charge is -2.34. The molecule has 5 nitrogen and oxygen atoms in total. The number of fused-ring (bicyclic) bond motifs is 1. The van der Waals surface area contributed by atoms with Crippen LogP contribution in [0.3, 0.4) is 0 Å². The van der Waals surface area contributed by atoms with Gasteiger partial charge < -0.3 is 25.4 Å². The van der Waals surface area contributed by atoms with E-state index in [-0.39, 0.29) is 0 Å². The Hall–Kier alpha value is -1.46. The minimum Gasteiger partial charge on any atom is -0.454 e. The minimum absolute atomic E-state index is 0.325. The maximum atomic E-state index is 5.70. The molecule has 0 spiro atoms. The van der Waals surface area contributed by atoms with Crippen molar-refractivity contribution in [1.82, 2.24) is 5.32 Å². The topological polar surface area (TPSA) is 59.8 Å². The zero-order valence-corrected chi connectivity index (χ0v) is 9.69. The molecule has 1 atom stereocenters. The number of nitrogens with zero attached hydrogens (tertiary/aromatic N) is 1. The van der Waals surface area contributed by atoms with Gasteiger partial charge >= 0.3 is 0 Å². The van der Waals surface area contributed by atoms with Gasteiger partial charge in [-0.3, -0.25) is 0 Å². The standard InChI is InChI=1S/C12H17N3O2/c13-6-9-7-15(4-3-14-9)10-1-2-11-12(5-10)17-8-16-11/h1-2,5,9,14H,3-4,6-8,13H2. The second-order valence-corrected chi connectivity index (χ2v) is 4.37. The molecule has 0 aliphatic carbocycles. The number of nitrogens with one attached hydrogen (secondary N) is 1. The lowest BCUT2D eigenvalue weighted by atomic mass is 10.1. The van der Waals surface area contributed by atoms with E-state index in [1.54, 1.807) is 0 Å². The van der Waals surface area contributed by atoms with Gasteiger partial charge in [0.1, 0.15) is 0 Å². The predicted octanol–water partition coefficient (Wildman–Crippen LogP) is 0.152. The number of rotatable bonds is 2. The van der Waals surface area contributed by atoms with Crippen LogP contribution in [0, 0.1) is 0 Å². The average Bonchev–Trinajstić information content (AvgIpc) is 2.86. The van der Waals surface area contributed by atoms with Crippen molar-refractivity contribution in [2.24, 2.45) is 5.73 Å². The molecule has 92 valence electrons. The molecule has 2 heterocycles. The lowest BCUT2D eigenvalue weighted by molar-refractivity contribution is 0.174. The van der Waals surface area contributed by atoms with Crippen LogP contribution in [0.4, 0.5) is 5.69 Å². The van der Waals surface area contributed by atoms with Crippen LogP contribution < -0.4 is 25.4 Å². The molecular formula is C12H17N3O2. The first-order chi connectivity index (χ1) is 8.36. The lowest BCUT2D eigenvalue weighted by Crippen LogP contribution is -2.53. The van der Waals surface area contributed by atoms with Crippen LogP contribution in [0.25, 0.3) is 0 Å². The van der Waals surface area contributed by atoms with E-state index >= 15 is 0 Å². The van der Waals surface area contributed by atoms with E-state index in [1.807, 2.05) is 12.1 Å². The Balaban J connectivity index is 1.79. The van der Waals surface area contributed by atoms with Gasteiger partial charge in [-0.05, 0) is 12.1 Å².